The molecule has 3 N–H and O–H groups in total. The van der Waals surface area contributed by atoms with Crippen LogP contribution >= 0.6 is 0 Å². The highest BCUT2D eigenvalue weighted by atomic mass is 16.1. The topological polar surface area (TPSA) is 70.5 Å². The summed E-state index contributed by atoms with van der Waals surface area (Å²) in [6.45, 7) is 3.13. The van der Waals surface area contributed by atoms with Gasteiger partial charge in [-0.2, -0.15) is 0 Å². The van der Waals surface area contributed by atoms with Crippen molar-refractivity contribution in [1.82, 2.24) is 20.5 Å². The van der Waals surface area contributed by atoms with Gasteiger partial charge in [0.05, 0.1) is 0 Å². The van der Waals surface area contributed by atoms with Gasteiger partial charge in [0.2, 0.25) is 5.91 Å². The minimum Gasteiger partial charge on any atom is -0.356 e. The Kier molecular flexibility index (Phi) is 7.76. The third-order valence-corrected chi connectivity index (χ3v) is 5.46. The lowest BCUT2D eigenvalue weighted by atomic mass is 9.89. The first-order valence-electron chi connectivity index (χ1n) is 10.5. The number of carbonyl (C=O) groups excluding carboxylic acids is 1. The quantitative estimate of drug-likeness (QED) is 0.373. The highest BCUT2D eigenvalue weighted by molar-refractivity contribution is 5.81. The molecule has 6 nitrogen and oxygen atoms in total. The van der Waals surface area contributed by atoms with Crippen LogP contribution in [0.1, 0.15) is 38.5 Å². The average molecular weight is 384 g/mol. The Morgan fingerprint density at radius 1 is 1.04 bits per heavy atom. The lowest BCUT2D eigenvalue weighted by Crippen LogP contribution is -2.43. The lowest BCUT2D eigenvalue weighted by Gasteiger charge is -2.21. The molecule has 0 spiro atoms. The van der Waals surface area contributed by atoms with Crippen molar-refractivity contribution in [2.45, 2.75) is 45.1 Å². The lowest BCUT2D eigenvalue weighted by molar-refractivity contribution is -0.125. The number of rotatable bonds is 8. The molecule has 1 fully saturated rings. The summed E-state index contributed by atoms with van der Waals surface area (Å²) in [5.41, 5.74) is 1.28. The third kappa shape index (κ3) is 5.75. The van der Waals surface area contributed by atoms with Crippen molar-refractivity contribution >= 4 is 22.8 Å². The first-order valence-corrected chi connectivity index (χ1v) is 10.5. The highest BCUT2D eigenvalue weighted by Gasteiger charge is 2.20. The van der Waals surface area contributed by atoms with E-state index in [9.17, 15) is 4.79 Å². The van der Waals surface area contributed by atoms with Crippen molar-refractivity contribution in [1.29, 1.82) is 0 Å². The Bertz CT molecular complexity index is 776. The molecule has 1 amide bonds. The molecule has 0 saturated heterocycles. The summed E-state index contributed by atoms with van der Waals surface area (Å²) in [5, 5.41) is 10.9. The van der Waals surface area contributed by atoms with Crippen molar-refractivity contribution in [3.8, 4) is 0 Å². The van der Waals surface area contributed by atoms with Crippen molar-refractivity contribution < 1.29 is 4.79 Å². The fraction of sp³-hybridized carbons (Fsp3) is 0.545. The van der Waals surface area contributed by atoms with Gasteiger partial charge in [-0.15, -0.1) is 0 Å². The molecule has 0 bridgehead atoms. The molecule has 0 atom stereocenters. The molecule has 1 aliphatic carbocycles. The number of guanidine groups is 1. The van der Waals surface area contributed by atoms with E-state index in [1.54, 1.807) is 7.05 Å². The molecule has 6 heteroatoms. The molecule has 2 aromatic rings. The molecule has 1 aliphatic rings. The number of nitrogens with one attached hydrogen (secondary N) is 3. The standard InChI is InChI=1S/C22H33N5O/c1-23-22(26-15-14-24-21(28)19-9-3-2-4-10-19)25-13-7-16-27-17-12-18-8-5-6-11-20(18)27/h5-6,8,11-12,17,19H,2-4,7,9-10,13-16H2,1H3,(H,24,28)(H2,23,25,26). The molecule has 1 aromatic heterocycles. The van der Waals surface area contributed by atoms with Gasteiger partial charge in [-0.3, -0.25) is 9.79 Å². The van der Waals surface area contributed by atoms with Gasteiger partial charge >= 0.3 is 0 Å². The van der Waals surface area contributed by atoms with E-state index in [1.165, 1.54) is 30.2 Å². The van der Waals surface area contributed by atoms with Crippen LogP contribution in [-0.2, 0) is 11.3 Å². The second-order valence-electron chi connectivity index (χ2n) is 7.47. The number of fused-ring (bicyclic) bond motifs is 1. The molecule has 3 rings (SSSR count). The van der Waals surface area contributed by atoms with E-state index in [1.807, 2.05) is 0 Å². The first-order chi connectivity index (χ1) is 13.8. The van der Waals surface area contributed by atoms with Crippen molar-refractivity contribution in [2.24, 2.45) is 10.9 Å². The number of aromatic nitrogens is 1. The number of hydrogen-bond donors (Lipinski definition) is 3. The van der Waals surface area contributed by atoms with Gasteiger partial charge in [-0.25, -0.2) is 0 Å². The van der Waals surface area contributed by atoms with E-state index in [4.69, 9.17) is 0 Å². The summed E-state index contributed by atoms with van der Waals surface area (Å²) in [7, 11) is 1.77. The fourth-order valence-electron chi connectivity index (χ4n) is 3.89. The largest absolute Gasteiger partial charge is 0.356 e. The molecule has 1 aromatic carbocycles. The zero-order valence-electron chi connectivity index (χ0n) is 16.9. The van der Waals surface area contributed by atoms with Crippen LogP contribution < -0.4 is 16.0 Å². The summed E-state index contributed by atoms with van der Waals surface area (Å²) in [4.78, 5) is 16.4. The van der Waals surface area contributed by atoms with Gasteiger partial charge in [0.1, 0.15) is 0 Å². The van der Waals surface area contributed by atoms with Crippen LogP contribution in [0.15, 0.2) is 41.5 Å². The summed E-state index contributed by atoms with van der Waals surface area (Å²) >= 11 is 0. The maximum absolute atomic E-state index is 12.1. The maximum atomic E-state index is 12.1. The molecule has 0 radical (unpaired) electrons. The van der Waals surface area contributed by atoms with Gasteiger partial charge in [-0.1, -0.05) is 37.5 Å². The molecule has 1 saturated carbocycles. The smallest absolute Gasteiger partial charge is 0.223 e. The minimum absolute atomic E-state index is 0.211. The molecule has 0 unspecified atom stereocenters. The van der Waals surface area contributed by atoms with Crippen LogP contribution in [-0.4, -0.2) is 43.1 Å². The average Bonchev–Trinajstić information content (AvgIpc) is 3.16. The van der Waals surface area contributed by atoms with E-state index >= 15 is 0 Å². The second kappa shape index (κ2) is 10.7. The van der Waals surface area contributed by atoms with Gasteiger partial charge in [0, 0.05) is 50.9 Å². The Labute approximate surface area is 167 Å². The van der Waals surface area contributed by atoms with E-state index in [0.29, 0.717) is 13.1 Å². The summed E-state index contributed by atoms with van der Waals surface area (Å²) in [6.07, 6.45) is 8.88. The number of amides is 1. The van der Waals surface area contributed by atoms with Crippen molar-refractivity contribution in [2.75, 3.05) is 26.7 Å². The monoisotopic (exact) mass is 383 g/mol. The number of aliphatic imine (C=N–C) groups is 1. The third-order valence-electron chi connectivity index (χ3n) is 5.46. The van der Waals surface area contributed by atoms with Gasteiger partial charge < -0.3 is 20.5 Å². The summed E-state index contributed by atoms with van der Waals surface area (Å²) < 4.78 is 2.29. The second-order valence-corrected chi connectivity index (χ2v) is 7.47. The number of benzene rings is 1. The number of para-hydroxylation sites is 1. The molecular formula is C22H33N5O. The van der Waals surface area contributed by atoms with Crippen LogP contribution in [0.2, 0.25) is 0 Å². The van der Waals surface area contributed by atoms with Gasteiger partial charge in [-0.05, 0) is 36.8 Å². The summed E-state index contributed by atoms with van der Waals surface area (Å²) in [6, 6.07) is 10.6. The Morgan fingerprint density at radius 2 is 1.79 bits per heavy atom. The molecule has 0 aliphatic heterocycles. The highest BCUT2D eigenvalue weighted by Crippen LogP contribution is 2.23. The van der Waals surface area contributed by atoms with E-state index < -0.39 is 0 Å². The molecule has 1 heterocycles. The Morgan fingerprint density at radius 3 is 2.61 bits per heavy atom. The normalized spacial score (nSPS) is 15.5. The first kappa shape index (κ1) is 20.2. The van der Waals surface area contributed by atoms with Gasteiger partial charge in [0.25, 0.3) is 0 Å². The van der Waals surface area contributed by atoms with E-state index in [0.717, 1.165) is 38.3 Å². The SMILES string of the molecule is CN=C(NCCCn1ccc2ccccc21)NCCNC(=O)C1CCCCC1. The van der Waals surface area contributed by atoms with Crippen LogP contribution in [0, 0.1) is 5.92 Å². The molecule has 152 valence electrons. The number of hydrogen-bond acceptors (Lipinski definition) is 2. The number of carbonyl (C=O) groups is 1. The van der Waals surface area contributed by atoms with Gasteiger partial charge in [0.15, 0.2) is 5.96 Å². The van der Waals surface area contributed by atoms with E-state index in [2.05, 4.69) is 62.0 Å². The summed E-state index contributed by atoms with van der Waals surface area (Å²) in [5.74, 6) is 1.21. The Balaban J connectivity index is 1.30. The maximum Gasteiger partial charge on any atom is 0.223 e. The van der Waals surface area contributed by atoms with Crippen molar-refractivity contribution in [3.63, 3.8) is 0 Å². The zero-order valence-corrected chi connectivity index (χ0v) is 16.9. The van der Waals surface area contributed by atoms with E-state index in [-0.39, 0.29) is 11.8 Å². The number of nitrogens with zero attached hydrogens (tertiary/aromatic N) is 2. The Hall–Kier alpha value is -2.50. The van der Waals surface area contributed by atoms with Crippen LogP contribution in [0.3, 0.4) is 0 Å². The predicted octanol–water partition coefficient (Wildman–Crippen LogP) is 2.89. The number of aryl methyl sites for hydroxylation is 1. The van der Waals surface area contributed by atoms with Crippen molar-refractivity contribution in [3.05, 3.63) is 36.5 Å². The predicted molar refractivity (Wildman–Crippen MR) is 116 cm³/mol. The fourth-order valence-corrected chi connectivity index (χ4v) is 3.89. The van der Waals surface area contributed by atoms with Crippen LogP contribution in [0.4, 0.5) is 0 Å². The minimum atomic E-state index is 0.211. The van der Waals surface area contributed by atoms with Crippen LogP contribution in [0.25, 0.3) is 10.9 Å². The molecule has 28 heavy (non-hydrogen) atoms. The zero-order chi connectivity index (χ0) is 19.6. The molecular weight excluding hydrogens is 350 g/mol. The van der Waals surface area contributed by atoms with Crippen LogP contribution in [0.5, 0.6) is 0 Å².